The molecule has 0 bridgehead atoms. The van der Waals surface area contributed by atoms with Crippen LogP contribution in [-0.2, 0) is 16.1 Å². The Morgan fingerprint density at radius 3 is 2.84 bits per heavy atom. The van der Waals surface area contributed by atoms with Crippen molar-refractivity contribution in [1.29, 1.82) is 0 Å². The van der Waals surface area contributed by atoms with Gasteiger partial charge in [-0.05, 0) is 63.9 Å². The van der Waals surface area contributed by atoms with Crippen molar-refractivity contribution in [1.82, 2.24) is 20.0 Å². The number of amides is 2. The first-order chi connectivity index (χ1) is 15.3. The lowest BCUT2D eigenvalue weighted by Crippen LogP contribution is -2.42. The zero-order chi connectivity index (χ0) is 23.1. The van der Waals surface area contributed by atoms with E-state index in [0.29, 0.717) is 18.1 Å². The lowest BCUT2D eigenvalue weighted by molar-refractivity contribution is -0.123. The first kappa shape index (κ1) is 24.0. The monoisotopic (exact) mass is 457 g/mol. The van der Waals surface area contributed by atoms with E-state index in [1.807, 2.05) is 48.9 Å². The van der Waals surface area contributed by atoms with Crippen LogP contribution in [0.1, 0.15) is 41.8 Å². The molecule has 1 aliphatic rings. The second-order valence-corrected chi connectivity index (χ2v) is 8.76. The van der Waals surface area contributed by atoms with Gasteiger partial charge in [0.25, 0.3) is 0 Å². The topological polar surface area (TPSA) is 93.2 Å². The average molecular weight is 458 g/mol. The lowest BCUT2D eigenvalue weighted by atomic mass is 9.97. The fourth-order valence-corrected chi connectivity index (χ4v) is 4.31. The highest BCUT2D eigenvalue weighted by Crippen LogP contribution is 2.20. The minimum atomic E-state index is -0.214. The fraction of sp³-hybridized carbons (Fsp3) is 0.458. The lowest BCUT2D eigenvalue weighted by Gasteiger charge is -2.31. The normalized spacial score (nSPS) is 17.0. The van der Waals surface area contributed by atoms with Crippen molar-refractivity contribution in [3.8, 4) is 0 Å². The van der Waals surface area contributed by atoms with Crippen LogP contribution in [0.3, 0.4) is 0 Å². The van der Waals surface area contributed by atoms with Crippen LogP contribution in [-0.4, -0.2) is 52.7 Å². The first-order valence-corrected chi connectivity index (χ1v) is 11.5. The number of hydrogen-bond donors (Lipinski definition) is 2. The minimum Gasteiger partial charge on any atom is -0.369 e. The van der Waals surface area contributed by atoms with Crippen LogP contribution in [0.25, 0.3) is 6.08 Å². The number of carbonyl (C=O) groups excluding carboxylic acids is 2. The third kappa shape index (κ3) is 6.43. The quantitative estimate of drug-likeness (QED) is 0.447. The van der Waals surface area contributed by atoms with E-state index in [-0.39, 0.29) is 17.7 Å². The van der Waals surface area contributed by atoms with Crippen LogP contribution in [0.5, 0.6) is 0 Å². The summed E-state index contributed by atoms with van der Waals surface area (Å²) in [6.07, 6.45) is 6.07. The van der Waals surface area contributed by atoms with Gasteiger partial charge < -0.3 is 16.0 Å². The maximum Gasteiger partial charge on any atom is 0.244 e. The summed E-state index contributed by atoms with van der Waals surface area (Å²) in [7, 11) is 0. The Kier molecular flexibility index (Phi) is 8.47. The molecule has 2 aromatic rings. The van der Waals surface area contributed by atoms with Crippen molar-refractivity contribution >= 4 is 29.5 Å². The van der Waals surface area contributed by atoms with Crippen LogP contribution in [0.4, 0.5) is 0 Å². The van der Waals surface area contributed by atoms with E-state index < -0.39 is 0 Å². The Morgan fingerprint density at radius 1 is 1.31 bits per heavy atom. The fourth-order valence-electron chi connectivity index (χ4n) is 4.12. The Bertz CT molecular complexity index is 985. The number of aryl methyl sites for hydroxylation is 1. The molecule has 8 heteroatoms. The number of benzene rings is 1. The van der Waals surface area contributed by atoms with Gasteiger partial charge in [0.05, 0.1) is 18.2 Å². The van der Waals surface area contributed by atoms with Crippen molar-refractivity contribution < 1.29 is 9.59 Å². The maximum atomic E-state index is 12.3. The van der Waals surface area contributed by atoms with Gasteiger partial charge in [-0.1, -0.05) is 29.8 Å². The smallest absolute Gasteiger partial charge is 0.244 e. The molecule has 0 aliphatic carbocycles. The molecule has 1 atom stereocenters. The SMILES string of the molecule is Cc1nn(Cc2ccccc2Cl)c(C)c1/C=C/C(=O)NCCCN1CCCC(C(N)=O)C1. The zero-order valence-corrected chi connectivity index (χ0v) is 19.6. The Labute approximate surface area is 194 Å². The number of primary amides is 1. The third-order valence-corrected chi connectivity index (χ3v) is 6.34. The van der Waals surface area contributed by atoms with Crippen LogP contribution < -0.4 is 11.1 Å². The molecule has 1 aliphatic heterocycles. The van der Waals surface area contributed by atoms with Crippen molar-refractivity contribution in [2.45, 2.75) is 39.7 Å². The number of hydrogen-bond acceptors (Lipinski definition) is 4. The predicted octanol–water partition coefficient (Wildman–Crippen LogP) is 2.92. The van der Waals surface area contributed by atoms with Crippen molar-refractivity contribution in [3.05, 3.63) is 57.9 Å². The number of likely N-dealkylation sites (tertiary alicyclic amines) is 1. The van der Waals surface area contributed by atoms with Gasteiger partial charge in [0.15, 0.2) is 0 Å². The molecular weight excluding hydrogens is 426 g/mol. The van der Waals surface area contributed by atoms with E-state index in [2.05, 4.69) is 15.3 Å². The van der Waals surface area contributed by atoms with E-state index in [0.717, 1.165) is 61.4 Å². The van der Waals surface area contributed by atoms with Gasteiger partial charge in [-0.25, -0.2) is 0 Å². The summed E-state index contributed by atoms with van der Waals surface area (Å²) in [5, 5.41) is 8.25. The van der Waals surface area contributed by atoms with Crippen molar-refractivity contribution in [3.63, 3.8) is 0 Å². The van der Waals surface area contributed by atoms with E-state index in [4.69, 9.17) is 17.3 Å². The highest BCUT2D eigenvalue weighted by atomic mass is 35.5. The van der Waals surface area contributed by atoms with Gasteiger partial charge in [0, 0.05) is 35.4 Å². The summed E-state index contributed by atoms with van der Waals surface area (Å²) in [4.78, 5) is 25.9. The molecule has 32 heavy (non-hydrogen) atoms. The van der Waals surface area contributed by atoms with Gasteiger partial charge in [0.1, 0.15) is 0 Å². The standard InChI is InChI=1S/C24H32ClN5O2/c1-17-21(18(2)30(28-17)16-19-7-3-4-9-22(19)25)10-11-23(31)27-12-6-14-29-13-5-8-20(15-29)24(26)32/h3-4,7,9-11,20H,5-6,8,12-16H2,1-2H3,(H2,26,32)(H,27,31)/b11-10+. The molecule has 3 rings (SSSR count). The molecule has 0 radical (unpaired) electrons. The molecule has 0 saturated carbocycles. The number of aromatic nitrogens is 2. The predicted molar refractivity (Wildman–Crippen MR) is 127 cm³/mol. The van der Waals surface area contributed by atoms with Gasteiger partial charge in [-0.2, -0.15) is 5.10 Å². The largest absolute Gasteiger partial charge is 0.369 e. The van der Waals surface area contributed by atoms with E-state index >= 15 is 0 Å². The molecule has 1 fully saturated rings. The minimum absolute atomic E-state index is 0.0495. The molecule has 3 N–H and O–H groups in total. The Balaban J connectivity index is 1.47. The molecule has 0 spiro atoms. The second kappa shape index (κ2) is 11.3. The summed E-state index contributed by atoms with van der Waals surface area (Å²) < 4.78 is 1.91. The van der Waals surface area contributed by atoms with Gasteiger partial charge in [-0.3, -0.25) is 14.3 Å². The number of nitrogens with one attached hydrogen (secondary N) is 1. The van der Waals surface area contributed by atoms with E-state index in [9.17, 15) is 9.59 Å². The average Bonchev–Trinajstić information content (AvgIpc) is 3.04. The summed E-state index contributed by atoms with van der Waals surface area (Å²) in [5.74, 6) is -0.392. The molecule has 7 nitrogen and oxygen atoms in total. The summed E-state index contributed by atoms with van der Waals surface area (Å²) >= 11 is 6.28. The van der Waals surface area contributed by atoms with E-state index in [1.54, 1.807) is 6.08 Å². The third-order valence-electron chi connectivity index (χ3n) is 5.98. The molecule has 2 amide bonds. The molecular formula is C24H32ClN5O2. The molecule has 1 saturated heterocycles. The maximum absolute atomic E-state index is 12.3. The molecule has 2 heterocycles. The van der Waals surface area contributed by atoms with Crippen LogP contribution in [0.15, 0.2) is 30.3 Å². The van der Waals surface area contributed by atoms with Crippen molar-refractivity contribution in [2.75, 3.05) is 26.2 Å². The second-order valence-electron chi connectivity index (χ2n) is 8.35. The summed E-state index contributed by atoms with van der Waals surface area (Å²) in [6.45, 7) is 7.65. The van der Waals surface area contributed by atoms with Gasteiger partial charge in [0.2, 0.25) is 11.8 Å². The van der Waals surface area contributed by atoms with Gasteiger partial charge >= 0.3 is 0 Å². The summed E-state index contributed by atoms with van der Waals surface area (Å²) in [6, 6.07) is 7.72. The first-order valence-electron chi connectivity index (χ1n) is 11.1. The summed E-state index contributed by atoms with van der Waals surface area (Å²) in [5.41, 5.74) is 9.23. The highest BCUT2D eigenvalue weighted by molar-refractivity contribution is 6.31. The number of rotatable bonds is 9. The number of nitrogens with two attached hydrogens (primary N) is 1. The van der Waals surface area contributed by atoms with Crippen LogP contribution in [0, 0.1) is 19.8 Å². The van der Waals surface area contributed by atoms with Crippen molar-refractivity contribution in [2.24, 2.45) is 11.7 Å². The number of carbonyl (C=O) groups is 2. The Hall–Kier alpha value is -2.64. The van der Waals surface area contributed by atoms with Gasteiger partial charge in [-0.15, -0.1) is 0 Å². The zero-order valence-electron chi connectivity index (χ0n) is 18.8. The highest BCUT2D eigenvalue weighted by Gasteiger charge is 2.23. The molecule has 1 aromatic heterocycles. The number of halogens is 1. The molecule has 1 aromatic carbocycles. The molecule has 172 valence electrons. The van der Waals surface area contributed by atoms with Crippen LogP contribution >= 0.6 is 11.6 Å². The Morgan fingerprint density at radius 2 is 2.09 bits per heavy atom. The molecule has 1 unspecified atom stereocenters. The number of piperidine rings is 1. The van der Waals surface area contributed by atoms with E-state index in [1.165, 1.54) is 0 Å². The van der Waals surface area contributed by atoms with Crippen LogP contribution in [0.2, 0.25) is 5.02 Å². The number of nitrogens with zero attached hydrogens (tertiary/aromatic N) is 3.